The largest absolute Gasteiger partial charge is 0.499 e. The van der Waals surface area contributed by atoms with Crippen LogP contribution in [0.5, 0.6) is 0 Å². The highest BCUT2D eigenvalue weighted by molar-refractivity contribution is 6.60. The van der Waals surface area contributed by atoms with E-state index in [4.69, 9.17) is 23.5 Å². The van der Waals surface area contributed by atoms with E-state index in [0.29, 0.717) is 0 Å². The van der Waals surface area contributed by atoms with E-state index in [-0.39, 0.29) is 6.42 Å². The number of aliphatic hydroxyl groups is 1. The molecular formula is C8H12O8Si. The average Bonchev–Trinajstić information content (AvgIpc) is 2.44. The Labute approximate surface area is 97.1 Å². The summed E-state index contributed by atoms with van der Waals surface area (Å²) < 4.78 is 15.6. The predicted molar refractivity (Wildman–Crippen MR) is 52.1 cm³/mol. The first-order valence-corrected chi connectivity index (χ1v) is 7.22. The molecule has 2 aliphatic rings. The van der Waals surface area contributed by atoms with E-state index in [1.54, 1.807) is 0 Å². The van der Waals surface area contributed by atoms with Gasteiger partial charge in [-0.25, -0.2) is 9.59 Å². The van der Waals surface area contributed by atoms with Gasteiger partial charge >= 0.3 is 20.7 Å². The smallest absolute Gasteiger partial charge is 0.479 e. The third-order valence-corrected chi connectivity index (χ3v) is 4.79. The monoisotopic (exact) mass is 264 g/mol. The number of carbonyl (C=O) groups is 2. The van der Waals surface area contributed by atoms with Crippen LogP contribution in [-0.2, 0) is 22.9 Å². The SMILES string of the molecule is C[Si]12OC(CC(O)C(C(=O)O)O1)C(C(=O)O)O2. The Kier molecular flexibility index (Phi) is 2.95. The van der Waals surface area contributed by atoms with Crippen molar-refractivity contribution in [3.8, 4) is 0 Å². The van der Waals surface area contributed by atoms with Gasteiger partial charge in [0.25, 0.3) is 0 Å². The van der Waals surface area contributed by atoms with E-state index in [1.165, 1.54) is 6.55 Å². The predicted octanol–water partition coefficient (Wildman–Crippen LogP) is -1.34. The average molecular weight is 264 g/mol. The first kappa shape index (κ1) is 12.5. The third kappa shape index (κ3) is 2.19. The molecule has 0 spiro atoms. The Morgan fingerprint density at radius 3 is 2.18 bits per heavy atom. The number of hydrogen-bond donors (Lipinski definition) is 3. The summed E-state index contributed by atoms with van der Waals surface area (Å²) in [5, 5.41) is 27.4. The summed E-state index contributed by atoms with van der Waals surface area (Å²) in [4.78, 5) is 21.7. The van der Waals surface area contributed by atoms with Crippen LogP contribution in [0.4, 0.5) is 0 Å². The molecule has 0 saturated carbocycles. The van der Waals surface area contributed by atoms with Crippen LogP contribution < -0.4 is 0 Å². The number of aliphatic hydroxyl groups excluding tert-OH is 1. The van der Waals surface area contributed by atoms with Crippen molar-refractivity contribution in [2.75, 3.05) is 0 Å². The fourth-order valence-corrected chi connectivity index (χ4v) is 4.36. The summed E-state index contributed by atoms with van der Waals surface area (Å²) in [6, 6.07) is 0. The van der Waals surface area contributed by atoms with Crippen LogP contribution in [-0.4, -0.2) is 60.5 Å². The molecule has 5 unspecified atom stereocenters. The van der Waals surface area contributed by atoms with Crippen LogP contribution in [0.15, 0.2) is 0 Å². The Balaban J connectivity index is 2.23. The van der Waals surface area contributed by atoms with Gasteiger partial charge in [-0.15, -0.1) is 0 Å². The van der Waals surface area contributed by atoms with Crippen LogP contribution in [0.1, 0.15) is 6.42 Å². The molecule has 0 aliphatic carbocycles. The second kappa shape index (κ2) is 4.03. The number of carboxylic acids is 2. The number of hydrogen-bond acceptors (Lipinski definition) is 6. The molecule has 2 saturated heterocycles. The Bertz CT molecular complexity index is 359. The van der Waals surface area contributed by atoms with Gasteiger partial charge in [0.1, 0.15) is 0 Å². The lowest BCUT2D eigenvalue weighted by Crippen LogP contribution is -2.49. The van der Waals surface area contributed by atoms with Gasteiger partial charge in [-0.2, -0.15) is 0 Å². The molecule has 17 heavy (non-hydrogen) atoms. The van der Waals surface area contributed by atoms with Crippen molar-refractivity contribution in [1.29, 1.82) is 0 Å². The summed E-state index contributed by atoms with van der Waals surface area (Å²) in [6.45, 7) is 1.41. The number of carboxylic acid groups (broad SMARTS) is 2. The maximum Gasteiger partial charge on any atom is 0.499 e. The van der Waals surface area contributed by atoms with E-state index in [9.17, 15) is 14.7 Å². The molecule has 2 bridgehead atoms. The van der Waals surface area contributed by atoms with Crippen molar-refractivity contribution in [3.05, 3.63) is 0 Å². The standard InChI is InChI=1S/C8H12O8Si/c1-17-14-4(6(16-17)8(12)13)2-3(9)5(15-17)7(10)11/h3-6,9H,2H2,1H3,(H,10,11)(H,12,13). The van der Waals surface area contributed by atoms with Crippen LogP contribution in [0.2, 0.25) is 6.55 Å². The van der Waals surface area contributed by atoms with E-state index in [0.717, 1.165) is 0 Å². The van der Waals surface area contributed by atoms with Gasteiger partial charge in [0.2, 0.25) is 0 Å². The molecule has 2 heterocycles. The number of fused-ring (bicyclic) bond motifs is 2. The Morgan fingerprint density at radius 1 is 1.12 bits per heavy atom. The van der Waals surface area contributed by atoms with E-state index < -0.39 is 45.2 Å². The summed E-state index contributed by atoms with van der Waals surface area (Å²) in [6.07, 6.45) is -4.97. The Morgan fingerprint density at radius 2 is 1.65 bits per heavy atom. The molecule has 0 radical (unpaired) electrons. The topological polar surface area (TPSA) is 123 Å². The minimum Gasteiger partial charge on any atom is -0.479 e. The highest BCUT2D eigenvalue weighted by atomic mass is 28.4. The maximum atomic E-state index is 10.9. The lowest BCUT2D eigenvalue weighted by Gasteiger charge is -2.25. The molecule has 0 aromatic rings. The number of rotatable bonds is 2. The second-order valence-electron chi connectivity index (χ2n) is 4.08. The maximum absolute atomic E-state index is 10.9. The third-order valence-electron chi connectivity index (χ3n) is 2.70. The van der Waals surface area contributed by atoms with Crippen molar-refractivity contribution >= 4 is 20.7 Å². The molecule has 2 aliphatic heterocycles. The van der Waals surface area contributed by atoms with Crippen LogP contribution in [0.25, 0.3) is 0 Å². The zero-order valence-electron chi connectivity index (χ0n) is 8.90. The minimum atomic E-state index is -3.30. The molecule has 2 rings (SSSR count). The summed E-state index contributed by atoms with van der Waals surface area (Å²) in [5.41, 5.74) is 0. The van der Waals surface area contributed by atoms with Gasteiger partial charge in [-0.05, 0) is 0 Å². The fraction of sp³-hybridized carbons (Fsp3) is 0.750. The highest BCUT2D eigenvalue weighted by Gasteiger charge is 2.58. The van der Waals surface area contributed by atoms with Crippen LogP contribution in [0, 0.1) is 0 Å². The van der Waals surface area contributed by atoms with Crippen molar-refractivity contribution < 1.29 is 38.2 Å². The van der Waals surface area contributed by atoms with Gasteiger partial charge in [0.05, 0.1) is 12.2 Å². The summed E-state index contributed by atoms with van der Waals surface area (Å²) >= 11 is 0. The zero-order chi connectivity index (χ0) is 12.8. The summed E-state index contributed by atoms with van der Waals surface area (Å²) in [7, 11) is -3.30. The van der Waals surface area contributed by atoms with Gasteiger partial charge in [-0.3, -0.25) is 0 Å². The summed E-state index contributed by atoms with van der Waals surface area (Å²) in [5.74, 6) is -2.53. The van der Waals surface area contributed by atoms with E-state index in [2.05, 4.69) is 0 Å². The van der Waals surface area contributed by atoms with Gasteiger partial charge in [0, 0.05) is 13.0 Å². The number of aliphatic carboxylic acids is 2. The molecule has 3 N–H and O–H groups in total. The fourth-order valence-electron chi connectivity index (χ4n) is 1.99. The van der Waals surface area contributed by atoms with E-state index in [1.807, 2.05) is 0 Å². The molecule has 0 aromatic heterocycles. The van der Waals surface area contributed by atoms with Gasteiger partial charge in [-0.1, -0.05) is 0 Å². The van der Waals surface area contributed by atoms with Crippen LogP contribution >= 0.6 is 0 Å². The molecule has 0 amide bonds. The molecule has 5 atom stereocenters. The molecule has 96 valence electrons. The molecule has 9 heteroatoms. The second-order valence-corrected chi connectivity index (χ2v) is 6.51. The van der Waals surface area contributed by atoms with Crippen molar-refractivity contribution in [2.45, 2.75) is 37.4 Å². The molecule has 0 aromatic carbocycles. The molecule has 8 nitrogen and oxygen atoms in total. The minimum absolute atomic E-state index is 0.142. The lowest BCUT2D eigenvalue weighted by atomic mass is 10.0. The Hall–Kier alpha value is -1.00. The van der Waals surface area contributed by atoms with Crippen molar-refractivity contribution in [3.63, 3.8) is 0 Å². The highest BCUT2D eigenvalue weighted by Crippen LogP contribution is 2.34. The quantitative estimate of drug-likeness (QED) is 0.524. The van der Waals surface area contributed by atoms with Crippen molar-refractivity contribution in [1.82, 2.24) is 0 Å². The van der Waals surface area contributed by atoms with E-state index >= 15 is 0 Å². The van der Waals surface area contributed by atoms with Crippen molar-refractivity contribution in [2.24, 2.45) is 0 Å². The zero-order valence-corrected chi connectivity index (χ0v) is 9.90. The molecular weight excluding hydrogens is 252 g/mol. The first-order valence-electron chi connectivity index (χ1n) is 4.99. The van der Waals surface area contributed by atoms with Gasteiger partial charge < -0.3 is 28.6 Å². The normalized spacial score (nSPS) is 45.3. The molecule has 2 fully saturated rings. The van der Waals surface area contributed by atoms with Gasteiger partial charge in [0.15, 0.2) is 12.2 Å². The van der Waals surface area contributed by atoms with Crippen LogP contribution in [0.3, 0.4) is 0 Å². The lowest BCUT2D eigenvalue weighted by molar-refractivity contribution is -0.155. The first-order chi connectivity index (χ1) is 7.82.